The van der Waals surface area contributed by atoms with Crippen LogP contribution in [-0.2, 0) is 0 Å². The highest BCUT2D eigenvalue weighted by molar-refractivity contribution is 7.80. The maximum atomic E-state index is 12.4. The van der Waals surface area contributed by atoms with Crippen molar-refractivity contribution in [3.63, 3.8) is 0 Å². The molecule has 11 heavy (non-hydrogen) atoms. The summed E-state index contributed by atoms with van der Waals surface area (Å²) >= 11 is 4.30. The van der Waals surface area contributed by atoms with Crippen LogP contribution in [0, 0.1) is 24.4 Å². The third-order valence-corrected chi connectivity index (χ3v) is 1.43. The number of hydrogen-bond donors (Lipinski definition) is 0. The van der Waals surface area contributed by atoms with Crippen LogP contribution in [0.2, 0.25) is 0 Å². The summed E-state index contributed by atoms with van der Waals surface area (Å²) in [4.78, 5) is 3.26. The number of rotatable bonds is 0. The van der Waals surface area contributed by atoms with Crippen LogP contribution in [0.15, 0.2) is 5.03 Å². The molecule has 0 spiro atoms. The molecule has 1 aromatic heterocycles. The predicted octanol–water partition coefficient (Wildman–Crippen LogP) is 2.36. The molecule has 1 rings (SSSR count). The van der Waals surface area contributed by atoms with E-state index in [0.29, 0.717) is 0 Å². The minimum Gasteiger partial charge on any atom is -0.236 e. The van der Waals surface area contributed by atoms with E-state index in [0.717, 1.165) is 0 Å². The smallest absolute Gasteiger partial charge is 0.199 e. The molecule has 1 radical (unpaired) electrons. The third-order valence-electron chi connectivity index (χ3n) is 1.16. The lowest BCUT2D eigenvalue weighted by Crippen LogP contribution is -1.99. The van der Waals surface area contributed by atoms with Crippen molar-refractivity contribution in [2.45, 2.75) is 11.9 Å². The van der Waals surface area contributed by atoms with Gasteiger partial charge >= 0.3 is 0 Å². The van der Waals surface area contributed by atoms with Gasteiger partial charge in [0.15, 0.2) is 22.5 Å². The van der Waals surface area contributed by atoms with Gasteiger partial charge in [-0.05, 0) is 6.92 Å². The maximum Gasteiger partial charge on any atom is 0.199 e. The van der Waals surface area contributed by atoms with E-state index in [9.17, 15) is 13.2 Å². The van der Waals surface area contributed by atoms with Crippen LogP contribution in [-0.4, -0.2) is 4.98 Å². The normalized spacial score (nSPS) is 10.2. The zero-order valence-electron chi connectivity index (χ0n) is 5.49. The highest BCUT2D eigenvalue weighted by Crippen LogP contribution is 2.17. The van der Waals surface area contributed by atoms with Crippen molar-refractivity contribution >= 4 is 12.6 Å². The minimum absolute atomic E-state index is 0.228. The van der Waals surface area contributed by atoms with Crippen molar-refractivity contribution in [3.05, 3.63) is 23.1 Å². The monoisotopic (exact) mass is 178 g/mol. The second-order valence-electron chi connectivity index (χ2n) is 1.94. The van der Waals surface area contributed by atoms with Gasteiger partial charge in [-0.25, -0.2) is 18.2 Å². The molecule has 1 nitrogen and oxygen atoms in total. The van der Waals surface area contributed by atoms with Gasteiger partial charge in [-0.2, -0.15) is 0 Å². The maximum absolute atomic E-state index is 12.4. The van der Waals surface area contributed by atoms with E-state index in [1.54, 1.807) is 0 Å². The molecule has 0 fully saturated rings. The number of hydrogen-bond acceptors (Lipinski definition) is 1. The summed E-state index contributed by atoms with van der Waals surface area (Å²) in [5.74, 6) is -4.23. The molecule has 0 atom stereocenters. The largest absolute Gasteiger partial charge is 0.236 e. The first-order valence-corrected chi connectivity index (χ1v) is 3.13. The second-order valence-corrected chi connectivity index (χ2v) is 2.33. The Hall–Kier alpha value is -0.840. The van der Waals surface area contributed by atoms with Gasteiger partial charge in [-0.15, -0.1) is 0 Å². The topological polar surface area (TPSA) is 12.9 Å². The van der Waals surface area contributed by atoms with Gasteiger partial charge in [0.1, 0.15) is 0 Å². The summed E-state index contributed by atoms with van der Waals surface area (Å²) in [6.07, 6.45) is 0. The van der Waals surface area contributed by atoms with Crippen molar-refractivity contribution in [2.75, 3.05) is 0 Å². The molecule has 1 heterocycles. The van der Waals surface area contributed by atoms with Gasteiger partial charge in [0.05, 0.1) is 5.69 Å². The van der Waals surface area contributed by atoms with Crippen molar-refractivity contribution in [2.24, 2.45) is 0 Å². The van der Waals surface area contributed by atoms with Crippen LogP contribution in [0.3, 0.4) is 0 Å². The Bertz CT molecular complexity index is 274. The van der Waals surface area contributed by atoms with Gasteiger partial charge in [-0.1, -0.05) is 12.6 Å². The van der Waals surface area contributed by atoms with Gasteiger partial charge in [-0.3, -0.25) is 0 Å². The second kappa shape index (κ2) is 2.65. The highest BCUT2D eigenvalue weighted by atomic mass is 32.1. The Morgan fingerprint density at radius 3 is 2.18 bits per heavy atom. The lowest BCUT2D eigenvalue weighted by atomic mass is 10.3. The Labute approximate surface area is 66.7 Å². The van der Waals surface area contributed by atoms with Crippen molar-refractivity contribution in [3.8, 4) is 0 Å². The van der Waals surface area contributed by atoms with E-state index in [1.807, 2.05) is 0 Å². The van der Waals surface area contributed by atoms with Crippen LogP contribution in [0.4, 0.5) is 13.2 Å². The van der Waals surface area contributed by atoms with Crippen molar-refractivity contribution in [1.29, 1.82) is 0 Å². The first-order chi connectivity index (χ1) is 5.04. The van der Waals surface area contributed by atoms with Crippen molar-refractivity contribution in [1.82, 2.24) is 4.98 Å². The molecule has 0 aliphatic carbocycles. The first kappa shape index (κ1) is 8.26. The molecule has 0 bridgehead atoms. The molecular formula is C6H3F3NS. The van der Waals surface area contributed by atoms with E-state index in [4.69, 9.17) is 0 Å². The SMILES string of the molecule is Cc1nc([S])c(F)c(F)c1F. The minimum atomic E-state index is -1.55. The van der Waals surface area contributed by atoms with E-state index >= 15 is 0 Å². The van der Waals surface area contributed by atoms with Crippen LogP contribution < -0.4 is 0 Å². The van der Waals surface area contributed by atoms with E-state index in [-0.39, 0.29) is 5.69 Å². The number of aryl methyl sites for hydroxylation is 1. The Balaban J connectivity index is 3.46. The molecule has 0 unspecified atom stereocenters. The molecule has 1 aromatic rings. The third kappa shape index (κ3) is 1.28. The summed E-state index contributed by atoms with van der Waals surface area (Å²) < 4.78 is 37.2. The fraction of sp³-hybridized carbons (Fsp3) is 0.167. The molecule has 0 amide bonds. The molecule has 59 valence electrons. The van der Waals surface area contributed by atoms with Crippen LogP contribution >= 0.6 is 12.6 Å². The molecule has 0 aliphatic heterocycles. The van der Waals surface area contributed by atoms with Crippen molar-refractivity contribution < 1.29 is 13.2 Å². The summed E-state index contributed by atoms with van der Waals surface area (Å²) in [5, 5.41) is -0.540. The Kier molecular flexibility index (Phi) is 1.99. The summed E-state index contributed by atoms with van der Waals surface area (Å²) in [6.45, 7) is 1.22. The standard InChI is InChI=1S/C6H3F3NS/c1-2-3(7)4(8)5(9)6(11)10-2/h1H3. The lowest BCUT2D eigenvalue weighted by Gasteiger charge is -1.99. The predicted molar refractivity (Wildman–Crippen MR) is 34.7 cm³/mol. The van der Waals surface area contributed by atoms with E-state index in [1.165, 1.54) is 6.92 Å². The average molecular weight is 178 g/mol. The number of halogens is 3. The average Bonchev–Trinajstić information content (AvgIpc) is 1.97. The first-order valence-electron chi connectivity index (χ1n) is 2.72. The van der Waals surface area contributed by atoms with Gasteiger partial charge in [0.25, 0.3) is 0 Å². The fourth-order valence-electron chi connectivity index (χ4n) is 0.600. The number of nitrogens with zero attached hydrogens (tertiary/aromatic N) is 1. The molecular weight excluding hydrogens is 175 g/mol. The molecule has 0 N–H and O–H groups in total. The van der Waals surface area contributed by atoms with Crippen LogP contribution in [0.1, 0.15) is 5.69 Å². The molecule has 0 aliphatic rings. The van der Waals surface area contributed by atoms with Gasteiger partial charge in [0, 0.05) is 0 Å². The Morgan fingerprint density at radius 2 is 1.64 bits per heavy atom. The van der Waals surface area contributed by atoms with Crippen LogP contribution in [0.5, 0.6) is 0 Å². The molecule has 0 saturated carbocycles. The molecule has 0 saturated heterocycles. The number of pyridine rings is 1. The highest BCUT2D eigenvalue weighted by Gasteiger charge is 2.16. The number of aromatic nitrogens is 1. The van der Waals surface area contributed by atoms with E-state index < -0.39 is 22.5 Å². The Morgan fingerprint density at radius 1 is 1.09 bits per heavy atom. The van der Waals surface area contributed by atoms with E-state index in [2.05, 4.69) is 17.6 Å². The lowest BCUT2D eigenvalue weighted by molar-refractivity contribution is 0.420. The summed E-state index contributed by atoms with van der Waals surface area (Å²) in [6, 6.07) is 0. The summed E-state index contributed by atoms with van der Waals surface area (Å²) in [7, 11) is 0. The molecule has 0 aromatic carbocycles. The summed E-state index contributed by atoms with van der Waals surface area (Å²) in [5.41, 5.74) is -0.228. The quantitative estimate of drug-likeness (QED) is 0.594. The van der Waals surface area contributed by atoms with Gasteiger partial charge < -0.3 is 0 Å². The zero-order chi connectivity index (χ0) is 8.59. The van der Waals surface area contributed by atoms with Gasteiger partial charge in [0.2, 0.25) is 0 Å². The fourth-order valence-corrected chi connectivity index (χ4v) is 0.826. The van der Waals surface area contributed by atoms with Crippen LogP contribution in [0.25, 0.3) is 0 Å². The zero-order valence-corrected chi connectivity index (χ0v) is 6.31. The molecule has 5 heteroatoms.